The summed E-state index contributed by atoms with van der Waals surface area (Å²) < 4.78 is 5.22. The molecule has 25 heavy (non-hydrogen) atoms. The molecule has 0 saturated carbocycles. The second-order valence-corrected chi connectivity index (χ2v) is 5.45. The zero-order valence-corrected chi connectivity index (χ0v) is 14.1. The fourth-order valence-corrected chi connectivity index (χ4v) is 2.54. The molecule has 5 heteroatoms. The molecule has 1 amide bonds. The highest BCUT2D eigenvalue weighted by Crippen LogP contribution is 2.21. The normalized spacial score (nSPS) is 11.2. The van der Waals surface area contributed by atoms with Crippen molar-refractivity contribution in [3.63, 3.8) is 0 Å². The van der Waals surface area contributed by atoms with Crippen LogP contribution in [0.4, 0.5) is 5.69 Å². The minimum Gasteiger partial charge on any atom is -0.455 e. The van der Waals surface area contributed by atoms with E-state index in [2.05, 4.69) is 0 Å². The van der Waals surface area contributed by atoms with E-state index in [-0.39, 0.29) is 6.54 Å². The van der Waals surface area contributed by atoms with E-state index < -0.39 is 24.4 Å². The second kappa shape index (κ2) is 9.24. The van der Waals surface area contributed by atoms with Crippen LogP contribution in [0.3, 0.4) is 0 Å². The highest BCUT2D eigenvalue weighted by atomic mass is 16.5. The average molecular weight is 336 g/mol. The minimum absolute atomic E-state index is 0.101. The molecule has 0 heterocycles. The molecule has 128 valence electrons. The molecule has 0 N–H and O–H groups in total. The SMILES string of the molecule is CCC(C(=O)OCC(=O)N(CC#N)c1ccccc1)c1ccccc1. The molecule has 0 saturated heterocycles. The summed E-state index contributed by atoms with van der Waals surface area (Å²) >= 11 is 0. The largest absolute Gasteiger partial charge is 0.455 e. The van der Waals surface area contributed by atoms with Gasteiger partial charge < -0.3 is 4.74 Å². The van der Waals surface area contributed by atoms with Gasteiger partial charge in [-0.05, 0) is 24.1 Å². The van der Waals surface area contributed by atoms with Gasteiger partial charge in [-0.1, -0.05) is 55.5 Å². The maximum absolute atomic E-state index is 12.4. The van der Waals surface area contributed by atoms with E-state index in [0.29, 0.717) is 12.1 Å². The van der Waals surface area contributed by atoms with Gasteiger partial charge in [-0.2, -0.15) is 5.26 Å². The molecule has 0 fully saturated rings. The molecule has 1 unspecified atom stereocenters. The highest BCUT2D eigenvalue weighted by molar-refractivity contribution is 5.95. The van der Waals surface area contributed by atoms with E-state index in [1.54, 1.807) is 24.3 Å². The Balaban J connectivity index is 2.02. The third-order valence-corrected chi connectivity index (χ3v) is 3.83. The number of benzene rings is 2. The van der Waals surface area contributed by atoms with Crippen LogP contribution in [-0.2, 0) is 14.3 Å². The van der Waals surface area contributed by atoms with Gasteiger partial charge in [0.2, 0.25) is 0 Å². The zero-order valence-electron chi connectivity index (χ0n) is 14.1. The van der Waals surface area contributed by atoms with Crippen molar-refractivity contribution in [1.82, 2.24) is 0 Å². The molecule has 0 radical (unpaired) electrons. The smallest absolute Gasteiger partial charge is 0.313 e. The second-order valence-electron chi connectivity index (χ2n) is 5.45. The topological polar surface area (TPSA) is 70.4 Å². The summed E-state index contributed by atoms with van der Waals surface area (Å²) in [6.07, 6.45) is 0.581. The number of hydrogen-bond donors (Lipinski definition) is 0. The van der Waals surface area contributed by atoms with Gasteiger partial charge in [-0.25, -0.2) is 0 Å². The Bertz CT molecular complexity index is 739. The number of anilines is 1. The van der Waals surface area contributed by atoms with E-state index in [1.165, 1.54) is 4.90 Å². The van der Waals surface area contributed by atoms with Crippen LogP contribution in [0.1, 0.15) is 24.8 Å². The molecule has 0 spiro atoms. The Morgan fingerprint density at radius 3 is 2.24 bits per heavy atom. The Kier molecular flexibility index (Phi) is 6.73. The summed E-state index contributed by atoms with van der Waals surface area (Å²) in [6.45, 7) is 1.40. The van der Waals surface area contributed by atoms with E-state index >= 15 is 0 Å². The van der Waals surface area contributed by atoms with Gasteiger partial charge in [-0.3, -0.25) is 14.5 Å². The van der Waals surface area contributed by atoms with Gasteiger partial charge in [0, 0.05) is 5.69 Å². The minimum atomic E-state index is -0.438. The van der Waals surface area contributed by atoms with Gasteiger partial charge >= 0.3 is 5.97 Å². The molecule has 0 aliphatic rings. The van der Waals surface area contributed by atoms with Crippen LogP contribution in [0, 0.1) is 11.3 Å². The van der Waals surface area contributed by atoms with E-state index in [0.717, 1.165) is 5.56 Å². The number of para-hydroxylation sites is 1. The number of esters is 1. The molecule has 0 bridgehead atoms. The fourth-order valence-electron chi connectivity index (χ4n) is 2.54. The molecule has 2 aromatic carbocycles. The van der Waals surface area contributed by atoms with Crippen LogP contribution in [0.15, 0.2) is 60.7 Å². The lowest BCUT2D eigenvalue weighted by Crippen LogP contribution is -2.35. The van der Waals surface area contributed by atoms with Crippen LogP contribution in [0.25, 0.3) is 0 Å². The molecule has 2 aromatic rings. The summed E-state index contributed by atoms with van der Waals surface area (Å²) in [5.41, 5.74) is 1.46. The van der Waals surface area contributed by atoms with Gasteiger partial charge in [0.05, 0.1) is 12.0 Å². The third kappa shape index (κ3) is 4.92. The van der Waals surface area contributed by atoms with Crippen LogP contribution in [0.2, 0.25) is 0 Å². The molecular weight excluding hydrogens is 316 g/mol. The first-order chi connectivity index (χ1) is 12.2. The molecule has 1 atom stereocenters. The number of amides is 1. The number of ether oxygens (including phenoxy) is 1. The van der Waals surface area contributed by atoms with Crippen LogP contribution in [-0.4, -0.2) is 25.0 Å². The fraction of sp³-hybridized carbons (Fsp3) is 0.250. The van der Waals surface area contributed by atoms with Gasteiger partial charge in [0.1, 0.15) is 6.54 Å². The van der Waals surface area contributed by atoms with E-state index in [4.69, 9.17) is 10.00 Å². The lowest BCUT2D eigenvalue weighted by atomic mass is 9.97. The highest BCUT2D eigenvalue weighted by Gasteiger charge is 2.23. The van der Waals surface area contributed by atoms with E-state index in [1.807, 2.05) is 49.4 Å². The quantitative estimate of drug-likeness (QED) is 0.575. The molecule has 0 aliphatic carbocycles. The Morgan fingerprint density at radius 1 is 1.08 bits per heavy atom. The maximum Gasteiger partial charge on any atom is 0.313 e. The Hall–Kier alpha value is -3.13. The van der Waals surface area contributed by atoms with Crippen molar-refractivity contribution in [1.29, 1.82) is 5.26 Å². The van der Waals surface area contributed by atoms with E-state index in [9.17, 15) is 9.59 Å². The summed E-state index contributed by atoms with van der Waals surface area (Å²) in [5.74, 6) is -1.27. The van der Waals surface area contributed by atoms with Crippen molar-refractivity contribution in [3.8, 4) is 6.07 Å². The summed E-state index contributed by atoms with van der Waals surface area (Å²) in [5, 5.41) is 8.95. The lowest BCUT2D eigenvalue weighted by Gasteiger charge is -2.20. The van der Waals surface area contributed by atoms with Gasteiger partial charge in [0.15, 0.2) is 6.61 Å². The number of nitriles is 1. The van der Waals surface area contributed by atoms with Crippen molar-refractivity contribution >= 4 is 17.6 Å². The van der Waals surface area contributed by atoms with Crippen molar-refractivity contribution in [2.24, 2.45) is 0 Å². The molecule has 2 rings (SSSR count). The summed E-state index contributed by atoms with van der Waals surface area (Å²) in [6, 6.07) is 20.1. The molecule has 5 nitrogen and oxygen atoms in total. The molecular formula is C20H20N2O3. The standard InChI is InChI=1S/C20H20N2O3/c1-2-18(16-9-5-3-6-10-16)20(24)25-15-19(23)22(14-13-21)17-11-7-4-8-12-17/h3-12,18H,2,14-15H2,1H3. The predicted octanol–water partition coefficient (Wildman–Crippen LogP) is 3.28. The summed E-state index contributed by atoms with van der Waals surface area (Å²) in [7, 11) is 0. The van der Waals surface area contributed by atoms with Crippen molar-refractivity contribution in [2.75, 3.05) is 18.1 Å². The number of rotatable bonds is 7. The van der Waals surface area contributed by atoms with Gasteiger partial charge in [-0.15, -0.1) is 0 Å². The number of nitrogens with zero attached hydrogens (tertiary/aromatic N) is 2. The van der Waals surface area contributed by atoms with Crippen molar-refractivity contribution in [3.05, 3.63) is 66.2 Å². The zero-order chi connectivity index (χ0) is 18.1. The van der Waals surface area contributed by atoms with Gasteiger partial charge in [0.25, 0.3) is 5.91 Å². The average Bonchev–Trinajstić information content (AvgIpc) is 2.66. The number of carbonyl (C=O) groups is 2. The Labute approximate surface area is 147 Å². The van der Waals surface area contributed by atoms with Crippen LogP contribution < -0.4 is 4.90 Å². The van der Waals surface area contributed by atoms with Crippen LogP contribution in [0.5, 0.6) is 0 Å². The van der Waals surface area contributed by atoms with Crippen molar-refractivity contribution < 1.29 is 14.3 Å². The number of carbonyl (C=O) groups excluding carboxylic acids is 2. The first-order valence-corrected chi connectivity index (χ1v) is 8.11. The monoisotopic (exact) mass is 336 g/mol. The summed E-state index contributed by atoms with van der Waals surface area (Å²) in [4.78, 5) is 26.0. The number of hydrogen-bond acceptors (Lipinski definition) is 4. The Morgan fingerprint density at radius 2 is 1.68 bits per heavy atom. The van der Waals surface area contributed by atoms with Crippen molar-refractivity contribution in [2.45, 2.75) is 19.3 Å². The van der Waals surface area contributed by atoms with Crippen LogP contribution >= 0.6 is 0 Å². The predicted molar refractivity (Wildman–Crippen MR) is 94.8 cm³/mol. The maximum atomic E-state index is 12.4. The first kappa shape index (κ1) is 18.2. The third-order valence-electron chi connectivity index (χ3n) is 3.83. The molecule has 0 aromatic heterocycles. The lowest BCUT2D eigenvalue weighted by molar-refractivity contribution is -0.149. The molecule has 0 aliphatic heterocycles. The first-order valence-electron chi connectivity index (χ1n) is 8.11.